The first-order valence-electron chi connectivity index (χ1n) is 13.7. The third kappa shape index (κ3) is 5.43. The summed E-state index contributed by atoms with van der Waals surface area (Å²) >= 11 is 0. The SMILES string of the molecule is Cc1c(-c2[nH]c3ccc(C4CCC(N(CC#N)CCS(C)(=O)=O)CC4)nc3c2C(C)C)cn2ncnc2c1C. The predicted molar refractivity (Wildman–Crippen MR) is 154 cm³/mol. The highest BCUT2D eigenvalue weighted by molar-refractivity contribution is 7.90. The van der Waals surface area contributed by atoms with Crippen LogP contribution in [0.5, 0.6) is 0 Å². The molecule has 0 unspecified atom stereocenters. The summed E-state index contributed by atoms with van der Waals surface area (Å²) in [6.45, 7) is 9.32. The Hall–Kier alpha value is -3.29. The van der Waals surface area contributed by atoms with E-state index in [4.69, 9.17) is 4.98 Å². The molecule has 0 saturated heterocycles. The molecule has 0 atom stereocenters. The van der Waals surface area contributed by atoms with E-state index in [2.05, 4.69) is 67.2 Å². The zero-order valence-corrected chi connectivity index (χ0v) is 24.2. The van der Waals surface area contributed by atoms with Gasteiger partial charge in [-0.1, -0.05) is 13.8 Å². The van der Waals surface area contributed by atoms with Crippen molar-refractivity contribution in [2.75, 3.05) is 25.1 Å². The Morgan fingerprint density at radius 1 is 1.18 bits per heavy atom. The molecule has 4 aromatic rings. The van der Waals surface area contributed by atoms with Crippen molar-refractivity contribution < 1.29 is 8.42 Å². The minimum Gasteiger partial charge on any atom is -0.353 e. The number of aromatic amines is 1. The fourth-order valence-electron chi connectivity index (χ4n) is 6.06. The van der Waals surface area contributed by atoms with E-state index in [1.165, 1.54) is 17.4 Å². The van der Waals surface area contributed by atoms with Gasteiger partial charge in [0.05, 0.1) is 35.1 Å². The fourth-order valence-corrected chi connectivity index (χ4v) is 6.62. The number of rotatable bonds is 8. The van der Waals surface area contributed by atoms with Gasteiger partial charge in [-0.05, 0) is 68.7 Å². The van der Waals surface area contributed by atoms with E-state index in [1.54, 1.807) is 6.33 Å². The average Bonchev–Trinajstić information content (AvgIpc) is 3.52. The van der Waals surface area contributed by atoms with Gasteiger partial charge in [-0.25, -0.2) is 17.9 Å². The fraction of sp³-hybridized carbons (Fsp3) is 0.517. The summed E-state index contributed by atoms with van der Waals surface area (Å²) in [6, 6.07) is 6.75. The van der Waals surface area contributed by atoms with Gasteiger partial charge in [-0.3, -0.25) is 9.88 Å². The van der Waals surface area contributed by atoms with Gasteiger partial charge in [-0.2, -0.15) is 10.4 Å². The molecule has 0 spiro atoms. The molecule has 1 aliphatic carbocycles. The Balaban J connectivity index is 1.43. The van der Waals surface area contributed by atoms with Gasteiger partial charge in [0.2, 0.25) is 0 Å². The van der Waals surface area contributed by atoms with E-state index in [0.717, 1.165) is 64.9 Å². The summed E-state index contributed by atoms with van der Waals surface area (Å²) in [5, 5.41) is 13.7. The van der Waals surface area contributed by atoms with Crippen LogP contribution in [0, 0.1) is 25.2 Å². The minimum absolute atomic E-state index is 0.0868. The van der Waals surface area contributed by atoms with Gasteiger partial charge in [0.1, 0.15) is 16.2 Å². The zero-order valence-electron chi connectivity index (χ0n) is 23.4. The van der Waals surface area contributed by atoms with Crippen molar-refractivity contribution in [3.05, 3.63) is 47.0 Å². The molecule has 9 nitrogen and oxygen atoms in total. The maximum atomic E-state index is 11.7. The highest BCUT2D eigenvalue weighted by Gasteiger charge is 2.29. The number of H-pyrrole nitrogens is 1. The second kappa shape index (κ2) is 10.7. The Labute approximate surface area is 230 Å². The molecule has 1 N–H and O–H groups in total. The molecule has 5 rings (SSSR count). The Morgan fingerprint density at radius 3 is 2.59 bits per heavy atom. The van der Waals surface area contributed by atoms with Gasteiger partial charge < -0.3 is 4.98 Å². The van der Waals surface area contributed by atoms with Crippen LogP contribution in [0.4, 0.5) is 0 Å². The molecule has 0 radical (unpaired) electrons. The molecule has 206 valence electrons. The van der Waals surface area contributed by atoms with Crippen molar-refractivity contribution in [2.24, 2.45) is 0 Å². The largest absolute Gasteiger partial charge is 0.353 e. The van der Waals surface area contributed by atoms with Crippen molar-refractivity contribution >= 4 is 26.5 Å². The van der Waals surface area contributed by atoms with Crippen LogP contribution in [0.3, 0.4) is 0 Å². The second-order valence-corrected chi connectivity index (χ2v) is 13.5. The summed E-state index contributed by atoms with van der Waals surface area (Å²) in [5.74, 6) is 0.704. The third-order valence-corrected chi connectivity index (χ3v) is 9.25. The molecule has 4 aromatic heterocycles. The first kappa shape index (κ1) is 27.3. The van der Waals surface area contributed by atoms with E-state index >= 15 is 0 Å². The Kier molecular flexibility index (Phi) is 7.49. The van der Waals surface area contributed by atoms with Crippen molar-refractivity contribution in [1.29, 1.82) is 5.26 Å². The van der Waals surface area contributed by atoms with Crippen LogP contribution in [0.1, 0.15) is 73.8 Å². The maximum absolute atomic E-state index is 11.7. The van der Waals surface area contributed by atoms with E-state index in [-0.39, 0.29) is 24.3 Å². The average molecular weight is 548 g/mol. The summed E-state index contributed by atoms with van der Waals surface area (Å²) in [5.41, 5.74) is 9.74. The highest BCUT2D eigenvalue weighted by Crippen LogP contribution is 2.39. The molecule has 39 heavy (non-hydrogen) atoms. The highest BCUT2D eigenvalue weighted by atomic mass is 32.2. The van der Waals surface area contributed by atoms with Crippen molar-refractivity contribution in [1.82, 2.24) is 29.5 Å². The lowest BCUT2D eigenvalue weighted by atomic mass is 9.83. The third-order valence-electron chi connectivity index (χ3n) is 8.33. The van der Waals surface area contributed by atoms with E-state index in [9.17, 15) is 13.7 Å². The number of fused-ring (bicyclic) bond motifs is 2. The number of hydrogen-bond donors (Lipinski definition) is 1. The molecule has 0 aromatic carbocycles. The number of aryl methyl sites for hydroxylation is 1. The number of nitrogens with zero attached hydrogens (tertiary/aromatic N) is 6. The summed E-state index contributed by atoms with van der Waals surface area (Å²) < 4.78 is 25.2. The van der Waals surface area contributed by atoms with Gasteiger partial charge in [0.15, 0.2) is 5.65 Å². The number of sulfone groups is 1. The molecular weight excluding hydrogens is 510 g/mol. The molecule has 0 amide bonds. The van der Waals surface area contributed by atoms with Gasteiger partial charge in [0, 0.05) is 47.8 Å². The summed E-state index contributed by atoms with van der Waals surface area (Å²) in [7, 11) is -3.07. The Morgan fingerprint density at radius 2 is 1.92 bits per heavy atom. The number of aromatic nitrogens is 5. The van der Waals surface area contributed by atoms with Crippen LogP contribution in [0.25, 0.3) is 27.9 Å². The lowest BCUT2D eigenvalue weighted by molar-refractivity contribution is 0.174. The van der Waals surface area contributed by atoms with Crippen molar-refractivity contribution in [3.63, 3.8) is 0 Å². The molecule has 1 aliphatic rings. The van der Waals surface area contributed by atoms with Gasteiger partial charge in [-0.15, -0.1) is 0 Å². The van der Waals surface area contributed by atoms with Crippen LogP contribution < -0.4 is 0 Å². The van der Waals surface area contributed by atoms with E-state index < -0.39 is 9.84 Å². The topological polar surface area (TPSA) is 120 Å². The molecular formula is C29H37N7O2S. The Bertz CT molecular complexity index is 1650. The van der Waals surface area contributed by atoms with Crippen LogP contribution in [-0.2, 0) is 9.84 Å². The number of pyridine rings is 2. The number of hydrogen-bond acceptors (Lipinski definition) is 7. The van der Waals surface area contributed by atoms with Crippen LogP contribution in [0.15, 0.2) is 24.7 Å². The first-order chi connectivity index (χ1) is 18.6. The summed E-state index contributed by atoms with van der Waals surface area (Å²) in [4.78, 5) is 15.4. The predicted octanol–water partition coefficient (Wildman–Crippen LogP) is 4.91. The molecule has 0 bridgehead atoms. The molecule has 4 heterocycles. The van der Waals surface area contributed by atoms with Crippen molar-refractivity contribution in [2.45, 2.75) is 71.3 Å². The second-order valence-electron chi connectivity index (χ2n) is 11.3. The molecule has 10 heteroatoms. The lowest BCUT2D eigenvalue weighted by Crippen LogP contribution is -2.40. The van der Waals surface area contributed by atoms with E-state index in [1.807, 2.05) is 9.42 Å². The summed E-state index contributed by atoms with van der Waals surface area (Å²) in [6.07, 6.45) is 8.71. The van der Waals surface area contributed by atoms with Crippen LogP contribution >= 0.6 is 0 Å². The lowest BCUT2D eigenvalue weighted by Gasteiger charge is -2.35. The van der Waals surface area contributed by atoms with Gasteiger partial charge in [0.25, 0.3) is 0 Å². The molecule has 1 fully saturated rings. The van der Waals surface area contributed by atoms with Gasteiger partial charge >= 0.3 is 0 Å². The quantitative estimate of drug-likeness (QED) is 0.311. The molecule has 1 saturated carbocycles. The normalized spacial score (nSPS) is 18.4. The monoisotopic (exact) mass is 547 g/mol. The van der Waals surface area contributed by atoms with E-state index in [0.29, 0.717) is 12.5 Å². The molecule has 0 aliphatic heterocycles. The minimum atomic E-state index is -3.07. The number of nitrogens with one attached hydrogen (secondary N) is 1. The first-order valence-corrected chi connectivity index (χ1v) is 15.7. The smallest absolute Gasteiger partial charge is 0.158 e. The zero-order chi connectivity index (χ0) is 27.9. The standard InChI is InChI=1S/C29H37N7O2S/c1-18(2)26-27(23-16-36-29(31-17-32-36)20(4)19(23)3)34-25-11-10-24(33-28(25)26)21-6-8-22(9-7-21)35(13-12-30)14-15-39(5,37)38/h10-11,16-18,21-22,34H,6-9,13-15H2,1-5H3. The van der Waals surface area contributed by atoms with Crippen LogP contribution in [0.2, 0.25) is 0 Å². The maximum Gasteiger partial charge on any atom is 0.158 e. The van der Waals surface area contributed by atoms with Crippen molar-refractivity contribution in [3.8, 4) is 17.3 Å². The number of nitriles is 1. The van der Waals surface area contributed by atoms with Crippen LogP contribution in [-0.4, -0.2) is 69.0 Å².